The summed E-state index contributed by atoms with van der Waals surface area (Å²) in [5.41, 5.74) is 4.56. The van der Waals surface area contributed by atoms with Crippen molar-refractivity contribution in [3.63, 3.8) is 0 Å². The van der Waals surface area contributed by atoms with Crippen LogP contribution in [0.15, 0.2) is 36.4 Å². The molecule has 3 rings (SSSR count). The minimum absolute atomic E-state index is 0.0652. The number of hydrogen-bond donors (Lipinski definition) is 4. The third-order valence-electron chi connectivity index (χ3n) is 5.65. The monoisotopic (exact) mass is 478 g/mol. The van der Waals surface area contributed by atoms with E-state index in [1.165, 1.54) is 13.2 Å². The molecule has 0 atom stereocenters. The van der Waals surface area contributed by atoms with Gasteiger partial charge in [-0.1, -0.05) is 24.3 Å². The molecular weight excluding hydrogens is 448 g/mol. The van der Waals surface area contributed by atoms with Crippen molar-refractivity contribution in [3.05, 3.63) is 75.3 Å². The van der Waals surface area contributed by atoms with Gasteiger partial charge in [-0.05, 0) is 59.5 Å². The Morgan fingerprint density at radius 3 is 1.74 bits per heavy atom. The predicted octanol–water partition coefficient (Wildman–Crippen LogP) is 4.76. The fourth-order valence-electron chi connectivity index (χ4n) is 3.85. The van der Waals surface area contributed by atoms with Crippen LogP contribution in [-0.4, -0.2) is 41.8 Å². The summed E-state index contributed by atoms with van der Waals surface area (Å²) in [7, 11) is 4.66. The Hall–Kier alpha value is -3.94. The zero-order valence-corrected chi connectivity index (χ0v) is 20.2. The van der Waals surface area contributed by atoms with Gasteiger partial charge in [0.15, 0.2) is 11.5 Å². The summed E-state index contributed by atoms with van der Waals surface area (Å²) >= 11 is 0. The van der Waals surface area contributed by atoms with Gasteiger partial charge in [0, 0.05) is 22.8 Å². The van der Waals surface area contributed by atoms with Crippen molar-refractivity contribution >= 4 is 24.3 Å². The molecule has 0 saturated heterocycles. The maximum absolute atomic E-state index is 10.4. The molecule has 0 spiro atoms. The van der Waals surface area contributed by atoms with Gasteiger partial charge in [-0.15, -0.1) is 0 Å². The number of phenols is 2. The lowest BCUT2D eigenvalue weighted by molar-refractivity contribution is 0.254. The van der Waals surface area contributed by atoms with Crippen LogP contribution in [0.25, 0.3) is 24.3 Å². The van der Waals surface area contributed by atoms with E-state index in [1.807, 2.05) is 25.1 Å². The van der Waals surface area contributed by atoms with E-state index in [2.05, 4.69) is 0 Å². The van der Waals surface area contributed by atoms with E-state index >= 15 is 0 Å². The van der Waals surface area contributed by atoms with E-state index in [1.54, 1.807) is 50.6 Å². The fourth-order valence-corrected chi connectivity index (χ4v) is 3.85. The second-order valence-corrected chi connectivity index (χ2v) is 7.89. The fraction of sp³-hybridized carbons (Fsp3) is 0.214. The maximum atomic E-state index is 10.4. The smallest absolute Gasteiger partial charge is 0.163 e. The zero-order chi connectivity index (χ0) is 25.5. The van der Waals surface area contributed by atoms with Crippen LogP contribution in [-0.2, 0) is 13.2 Å². The first-order chi connectivity index (χ1) is 16.8. The van der Waals surface area contributed by atoms with Gasteiger partial charge in [-0.25, -0.2) is 0 Å². The third-order valence-corrected chi connectivity index (χ3v) is 5.65. The molecule has 0 unspecified atom stereocenters. The van der Waals surface area contributed by atoms with Gasteiger partial charge in [-0.3, -0.25) is 0 Å². The highest BCUT2D eigenvalue weighted by molar-refractivity contribution is 5.79. The van der Waals surface area contributed by atoms with Gasteiger partial charge in [0.1, 0.15) is 17.2 Å². The number of rotatable bonds is 9. The van der Waals surface area contributed by atoms with Crippen molar-refractivity contribution in [1.29, 1.82) is 0 Å². The van der Waals surface area contributed by atoms with Crippen LogP contribution in [0.3, 0.4) is 0 Å². The zero-order valence-electron chi connectivity index (χ0n) is 20.2. The van der Waals surface area contributed by atoms with Crippen LogP contribution >= 0.6 is 0 Å². The Balaban J connectivity index is 1.94. The standard InChI is InChI=1S/C28H30O7/c1-17-9-18(12-27(34-3)28(17)35-4)5-7-20-13-21(25(32)14-24(20)31)8-6-19-10-22(15-29)23(16-30)26(11-19)33-2/h5-14,29-32H,15-16H2,1-4H3/b7-5+,8-6+. The number of aliphatic hydroxyl groups excluding tert-OH is 2. The first-order valence-electron chi connectivity index (χ1n) is 10.9. The van der Waals surface area contributed by atoms with Gasteiger partial charge in [0.2, 0.25) is 0 Å². The molecule has 0 aliphatic heterocycles. The van der Waals surface area contributed by atoms with Crippen molar-refractivity contribution < 1.29 is 34.6 Å². The van der Waals surface area contributed by atoms with E-state index in [9.17, 15) is 20.4 Å². The van der Waals surface area contributed by atoms with E-state index in [0.29, 0.717) is 45.1 Å². The number of phenolic OH excluding ortho intramolecular Hbond substituents is 2. The molecule has 3 aromatic carbocycles. The number of aryl methyl sites for hydroxylation is 1. The average Bonchev–Trinajstić information content (AvgIpc) is 2.86. The second-order valence-electron chi connectivity index (χ2n) is 7.89. The molecule has 0 saturated carbocycles. The summed E-state index contributed by atoms with van der Waals surface area (Å²) < 4.78 is 16.1. The van der Waals surface area contributed by atoms with Gasteiger partial charge in [0.05, 0.1) is 34.5 Å². The summed E-state index contributed by atoms with van der Waals surface area (Å²) in [6.07, 6.45) is 7.03. The van der Waals surface area contributed by atoms with E-state index in [0.717, 1.165) is 11.1 Å². The first-order valence-corrected chi connectivity index (χ1v) is 10.9. The van der Waals surface area contributed by atoms with Gasteiger partial charge in [-0.2, -0.15) is 0 Å². The number of ether oxygens (including phenoxy) is 3. The van der Waals surface area contributed by atoms with Gasteiger partial charge in [0.25, 0.3) is 0 Å². The Morgan fingerprint density at radius 1 is 0.657 bits per heavy atom. The highest BCUT2D eigenvalue weighted by atomic mass is 16.5. The molecule has 4 N–H and O–H groups in total. The quantitative estimate of drug-likeness (QED) is 0.329. The molecule has 0 amide bonds. The van der Waals surface area contributed by atoms with E-state index < -0.39 is 0 Å². The molecule has 35 heavy (non-hydrogen) atoms. The third kappa shape index (κ3) is 5.77. The molecule has 184 valence electrons. The number of aliphatic hydroxyl groups is 2. The van der Waals surface area contributed by atoms with Crippen LogP contribution < -0.4 is 14.2 Å². The lowest BCUT2D eigenvalue weighted by atomic mass is 10.0. The maximum Gasteiger partial charge on any atom is 0.163 e. The molecule has 0 bridgehead atoms. The minimum atomic E-state index is -0.253. The molecule has 7 heteroatoms. The van der Waals surface area contributed by atoms with Crippen LogP contribution in [0.1, 0.15) is 38.9 Å². The Bertz CT molecular complexity index is 1230. The Labute approximate surface area is 204 Å². The van der Waals surface area contributed by atoms with Gasteiger partial charge >= 0.3 is 0 Å². The lowest BCUT2D eigenvalue weighted by Crippen LogP contribution is -1.99. The second kappa shape index (κ2) is 11.5. The van der Waals surface area contributed by atoms with E-state index in [4.69, 9.17) is 14.2 Å². The van der Waals surface area contributed by atoms with Gasteiger partial charge < -0.3 is 34.6 Å². The molecule has 3 aromatic rings. The highest BCUT2D eigenvalue weighted by Crippen LogP contribution is 2.34. The lowest BCUT2D eigenvalue weighted by Gasteiger charge is -2.12. The summed E-state index contributed by atoms with van der Waals surface area (Å²) in [5.74, 6) is 1.58. The molecular formula is C28H30O7. The Morgan fingerprint density at radius 2 is 1.23 bits per heavy atom. The number of benzene rings is 3. The molecule has 0 heterocycles. The van der Waals surface area contributed by atoms with Crippen LogP contribution in [0.4, 0.5) is 0 Å². The summed E-state index contributed by atoms with van der Waals surface area (Å²) in [6.45, 7) is 1.42. The molecule has 0 aliphatic rings. The number of methoxy groups -OCH3 is 3. The Kier molecular flexibility index (Phi) is 8.41. The van der Waals surface area contributed by atoms with Crippen molar-refractivity contribution in [1.82, 2.24) is 0 Å². The van der Waals surface area contributed by atoms with Crippen molar-refractivity contribution in [2.75, 3.05) is 21.3 Å². The molecule has 7 nitrogen and oxygen atoms in total. The summed E-state index contributed by atoms with van der Waals surface area (Å²) in [6, 6.07) is 10.2. The summed E-state index contributed by atoms with van der Waals surface area (Å²) in [5, 5.41) is 39.9. The van der Waals surface area contributed by atoms with Crippen molar-refractivity contribution in [3.8, 4) is 28.7 Å². The topological polar surface area (TPSA) is 109 Å². The largest absolute Gasteiger partial charge is 0.507 e. The highest BCUT2D eigenvalue weighted by Gasteiger charge is 2.11. The minimum Gasteiger partial charge on any atom is -0.507 e. The molecule has 0 fully saturated rings. The van der Waals surface area contributed by atoms with Crippen molar-refractivity contribution in [2.45, 2.75) is 20.1 Å². The van der Waals surface area contributed by atoms with Crippen LogP contribution in [0.5, 0.6) is 28.7 Å². The SMILES string of the molecule is COc1cc(/C=C/c2cc(/C=C/c3cc(C)c(OC)c(OC)c3)c(O)cc2O)cc(CO)c1CO. The normalized spacial score (nSPS) is 11.4. The molecule has 0 aromatic heterocycles. The summed E-state index contributed by atoms with van der Waals surface area (Å²) in [4.78, 5) is 0. The number of aromatic hydroxyl groups is 2. The predicted molar refractivity (Wildman–Crippen MR) is 137 cm³/mol. The average molecular weight is 479 g/mol. The molecule has 0 radical (unpaired) electrons. The molecule has 0 aliphatic carbocycles. The van der Waals surface area contributed by atoms with Crippen molar-refractivity contribution in [2.24, 2.45) is 0 Å². The first kappa shape index (κ1) is 25.7. The van der Waals surface area contributed by atoms with Crippen LogP contribution in [0.2, 0.25) is 0 Å². The number of hydrogen-bond acceptors (Lipinski definition) is 7. The van der Waals surface area contributed by atoms with Crippen LogP contribution in [0, 0.1) is 6.92 Å². The van der Waals surface area contributed by atoms with E-state index in [-0.39, 0.29) is 24.7 Å².